The van der Waals surface area contributed by atoms with Crippen LogP contribution in [-0.4, -0.2) is 17.8 Å². The molecule has 0 nitrogen and oxygen atoms in total. The second kappa shape index (κ2) is 1.74. The lowest BCUT2D eigenvalue weighted by Crippen LogP contribution is -2.62. The first-order valence-corrected chi connectivity index (χ1v) is 2.69. The van der Waals surface area contributed by atoms with E-state index in [4.69, 9.17) is 0 Å². The zero-order chi connectivity index (χ0) is 7.99. The molecule has 10 heavy (non-hydrogen) atoms. The summed E-state index contributed by atoms with van der Waals surface area (Å²) < 4.78 is 48.7. The Morgan fingerprint density at radius 1 is 1.40 bits per heavy atom. The van der Waals surface area contributed by atoms with Crippen LogP contribution in [0.5, 0.6) is 0 Å². The van der Waals surface area contributed by atoms with Gasteiger partial charge < -0.3 is 0 Å². The topological polar surface area (TPSA) is 0 Å². The van der Waals surface area contributed by atoms with Gasteiger partial charge in [0.2, 0.25) is 5.67 Å². The monoisotopic (exact) mass is 153 g/mol. The van der Waals surface area contributed by atoms with Crippen molar-refractivity contribution in [2.45, 2.75) is 24.2 Å². The third kappa shape index (κ3) is 0.617. The van der Waals surface area contributed by atoms with Crippen LogP contribution in [0.2, 0.25) is 0 Å². The predicted octanol–water partition coefficient (Wildman–Crippen LogP) is 2.06. The van der Waals surface area contributed by atoms with Gasteiger partial charge in [0.1, 0.15) is 0 Å². The molecule has 1 aliphatic rings. The summed E-state index contributed by atoms with van der Waals surface area (Å²) in [5.41, 5.74) is -2.94. The third-order valence-electron chi connectivity index (χ3n) is 1.66. The smallest absolute Gasteiger partial charge is 0.241 e. The first-order chi connectivity index (χ1) is 4.44. The van der Waals surface area contributed by atoms with Gasteiger partial charge in [-0.3, -0.25) is 0 Å². The molecule has 0 aromatic heterocycles. The summed E-state index contributed by atoms with van der Waals surface area (Å²) in [7, 11) is 0. The maximum absolute atomic E-state index is 12.5. The molecule has 0 heterocycles. The van der Waals surface area contributed by atoms with Crippen LogP contribution >= 0.6 is 0 Å². The summed E-state index contributed by atoms with van der Waals surface area (Å²) in [6, 6.07) is 0. The van der Waals surface area contributed by atoms with Gasteiger partial charge in [0.25, 0.3) is 0 Å². The molecule has 1 aliphatic carbocycles. The highest BCUT2D eigenvalue weighted by Crippen LogP contribution is 2.51. The lowest BCUT2D eigenvalue weighted by molar-refractivity contribution is -0.240. The summed E-state index contributed by atoms with van der Waals surface area (Å²) in [4.78, 5) is 0. The minimum absolute atomic E-state index is 0.830. The Morgan fingerprint density at radius 2 is 1.90 bits per heavy atom. The van der Waals surface area contributed by atoms with Crippen LogP contribution in [0.3, 0.4) is 0 Å². The molecule has 0 aromatic rings. The predicted molar refractivity (Wildman–Crippen MR) is 27.2 cm³/mol. The number of allylic oxidation sites excluding steroid dienone is 1. The van der Waals surface area contributed by atoms with Crippen LogP contribution in [0.15, 0.2) is 6.58 Å². The Labute approximate surface area is 55.5 Å². The van der Waals surface area contributed by atoms with E-state index in [0.717, 1.165) is 0 Å². The van der Waals surface area contributed by atoms with E-state index in [1.54, 1.807) is 0 Å². The van der Waals surface area contributed by atoms with Gasteiger partial charge in [-0.25, -0.2) is 8.78 Å². The van der Waals surface area contributed by atoms with E-state index in [1.165, 1.54) is 6.08 Å². The van der Waals surface area contributed by atoms with Crippen LogP contribution in [0.1, 0.15) is 6.42 Å². The number of hydrogen-bond donors (Lipinski definition) is 0. The normalized spacial score (nSPS) is 44.2. The number of alkyl halides is 4. The van der Waals surface area contributed by atoms with Gasteiger partial charge in [-0.05, 0) is 6.08 Å². The van der Waals surface area contributed by atoms with Crippen LogP contribution < -0.4 is 0 Å². The molecule has 0 saturated heterocycles. The molecule has 1 rings (SSSR count). The highest BCUT2D eigenvalue weighted by Gasteiger charge is 2.69. The van der Waals surface area contributed by atoms with Crippen LogP contribution in [-0.2, 0) is 0 Å². The van der Waals surface area contributed by atoms with E-state index >= 15 is 0 Å². The molecule has 0 bridgehead atoms. The fourth-order valence-electron chi connectivity index (χ4n) is 0.818. The lowest BCUT2D eigenvalue weighted by atomic mass is 9.76. The van der Waals surface area contributed by atoms with Gasteiger partial charge in [0, 0.05) is 6.42 Å². The third-order valence-corrected chi connectivity index (χ3v) is 1.66. The first-order valence-electron chi connectivity index (χ1n) is 2.69. The summed E-state index contributed by atoms with van der Waals surface area (Å²) in [6.07, 6.45) is -1.72. The van der Waals surface area contributed by atoms with Crippen molar-refractivity contribution in [3.63, 3.8) is 0 Å². The van der Waals surface area contributed by atoms with Crippen molar-refractivity contribution in [1.82, 2.24) is 0 Å². The molecule has 1 saturated carbocycles. The second-order valence-electron chi connectivity index (χ2n) is 2.27. The van der Waals surface area contributed by atoms with Gasteiger partial charge in [0.05, 0.1) is 0 Å². The SMILES string of the molecule is C=[C]C1(F)CC(F)C1(F)F. The fraction of sp³-hybridized carbons (Fsp3) is 0.667. The van der Waals surface area contributed by atoms with Crippen LogP contribution in [0.25, 0.3) is 0 Å². The van der Waals surface area contributed by atoms with E-state index in [9.17, 15) is 17.6 Å². The van der Waals surface area contributed by atoms with Gasteiger partial charge in [0.15, 0.2) is 6.17 Å². The van der Waals surface area contributed by atoms with Crippen molar-refractivity contribution in [2.24, 2.45) is 0 Å². The van der Waals surface area contributed by atoms with E-state index in [0.29, 0.717) is 0 Å². The van der Waals surface area contributed by atoms with E-state index in [1.807, 2.05) is 0 Å². The zero-order valence-electron chi connectivity index (χ0n) is 5.00. The number of hydrogen-bond acceptors (Lipinski definition) is 0. The Morgan fingerprint density at radius 3 is 2.00 bits per heavy atom. The van der Waals surface area contributed by atoms with Crippen LogP contribution in [0.4, 0.5) is 17.6 Å². The molecular formula is C6H5F4. The van der Waals surface area contributed by atoms with Gasteiger partial charge in [-0.15, -0.1) is 0 Å². The Hall–Kier alpha value is -0.540. The molecule has 1 fully saturated rings. The molecule has 0 N–H and O–H groups in total. The molecule has 0 aromatic carbocycles. The lowest BCUT2D eigenvalue weighted by Gasteiger charge is -2.42. The molecule has 0 aliphatic heterocycles. The Bertz CT molecular complexity index is 165. The minimum atomic E-state index is -3.92. The minimum Gasteiger partial charge on any atom is -0.241 e. The van der Waals surface area contributed by atoms with E-state index in [2.05, 4.69) is 6.58 Å². The van der Waals surface area contributed by atoms with Crippen molar-refractivity contribution in [1.29, 1.82) is 0 Å². The van der Waals surface area contributed by atoms with Crippen molar-refractivity contribution < 1.29 is 17.6 Å². The fourth-order valence-corrected chi connectivity index (χ4v) is 0.818. The first kappa shape index (κ1) is 7.57. The molecule has 2 atom stereocenters. The average Bonchev–Trinajstić information content (AvgIpc) is 1.88. The second-order valence-corrected chi connectivity index (χ2v) is 2.27. The number of halogens is 4. The molecule has 57 valence electrons. The maximum Gasteiger partial charge on any atom is 0.316 e. The van der Waals surface area contributed by atoms with E-state index < -0.39 is 24.2 Å². The average molecular weight is 153 g/mol. The summed E-state index contributed by atoms with van der Waals surface area (Å²) in [6.45, 7) is 2.74. The molecule has 0 amide bonds. The molecule has 2 unspecified atom stereocenters. The maximum atomic E-state index is 12.5. The van der Waals surface area contributed by atoms with Crippen molar-refractivity contribution >= 4 is 0 Å². The highest BCUT2D eigenvalue weighted by atomic mass is 19.3. The molecule has 0 spiro atoms. The van der Waals surface area contributed by atoms with Crippen molar-refractivity contribution in [2.75, 3.05) is 0 Å². The quantitative estimate of drug-likeness (QED) is 0.506. The van der Waals surface area contributed by atoms with Crippen LogP contribution in [0, 0.1) is 6.08 Å². The van der Waals surface area contributed by atoms with Gasteiger partial charge in [-0.1, -0.05) is 6.58 Å². The van der Waals surface area contributed by atoms with Gasteiger partial charge >= 0.3 is 5.92 Å². The van der Waals surface area contributed by atoms with Crippen molar-refractivity contribution in [3.05, 3.63) is 12.7 Å². The largest absolute Gasteiger partial charge is 0.316 e. The number of rotatable bonds is 1. The Kier molecular flexibility index (Phi) is 1.31. The summed E-state index contributed by atoms with van der Waals surface area (Å²) in [5.74, 6) is -3.92. The zero-order valence-corrected chi connectivity index (χ0v) is 5.00. The highest BCUT2D eigenvalue weighted by molar-refractivity contribution is 5.15. The molecule has 4 heteroatoms. The summed E-state index contributed by atoms with van der Waals surface area (Å²) >= 11 is 0. The molecular weight excluding hydrogens is 148 g/mol. The Balaban J connectivity index is 2.80. The van der Waals surface area contributed by atoms with Gasteiger partial charge in [-0.2, -0.15) is 8.78 Å². The van der Waals surface area contributed by atoms with Crippen molar-refractivity contribution in [3.8, 4) is 0 Å². The van der Waals surface area contributed by atoms with E-state index in [-0.39, 0.29) is 0 Å². The molecule has 1 radical (unpaired) electrons. The standard InChI is InChI=1S/C6H5F4/c1-2-5(8)3-4(7)6(5,9)10/h4H,1,3H2. The summed E-state index contributed by atoms with van der Waals surface area (Å²) in [5, 5.41) is 0.